The molecule has 3 N–H and O–H groups in total. The molecule has 0 heterocycles. The minimum Gasteiger partial charge on any atom is -0.481 e. The van der Waals surface area contributed by atoms with E-state index in [4.69, 9.17) is 15.3 Å². The van der Waals surface area contributed by atoms with Crippen LogP contribution in [0.3, 0.4) is 0 Å². The molecule has 0 radical (unpaired) electrons. The van der Waals surface area contributed by atoms with Gasteiger partial charge in [0.2, 0.25) is 0 Å². The van der Waals surface area contributed by atoms with Gasteiger partial charge in [0.1, 0.15) is 0 Å². The number of carboxylic acid groups (broad SMARTS) is 3. The average molecular weight is 629 g/mol. The van der Waals surface area contributed by atoms with Crippen LogP contribution in [0.5, 0.6) is 0 Å². The zero-order valence-corrected chi connectivity index (χ0v) is 26.8. The van der Waals surface area contributed by atoms with Crippen LogP contribution in [0.1, 0.15) is 144 Å². The summed E-state index contributed by atoms with van der Waals surface area (Å²) in [5.41, 5.74) is 0. The molecule has 0 rings (SSSR count). The van der Waals surface area contributed by atoms with Crippen molar-refractivity contribution < 1.29 is 71.5 Å². The Balaban J connectivity index is -0.000000204. The van der Waals surface area contributed by atoms with Gasteiger partial charge >= 0.3 is 17.9 Å². The van der Waals surface area contributed by atoms with Crippen molar-refractivity contribution in [2.45, 2.75) is 144 Å². The van der Waals surface area contributed by atoms with Gasteiger partial charge in [-0.3, -0.25) is 14.4 Å². The zero-order chi connectivity index (χ0) is 26.8. The molecule has 7 heteroatoms. The minimum absolute atomic E-state index is 0. The van der Waals surface area contributed by atoms with E-state index in [0.29, 0.717) is 25.2 Å². The molecule has 6 nitrogen and oxygen atoms in total. The van der Waals surface area contributed by atoms with E-state index in [1.165, 1.54) is 38.5 Å². The summed E-state index contributed by atoms with van der Waals surface area (Å²) in [7, 11) is 0. The summed E-state index contributed by atoms with van der Waals surface area (Å²) in [5.74, 6) is 0.254. The van der Waals surface area contributed by atoms with Crippen LogP contribution >= 0.6 is 0 Å². The molecule has 0 fully saturated rings. The number of unbranched alkanes of at least 4 members (excludes halogenated alkanes) is 7. The Hall–Kier alpha value is -0.213. The predicted octanol–water partition coefficient (Wildman–Crippen LogP) is 8.42. The molecule has 0 aromatic carbocycles. The van der Waals surface area contributed by atoms with Crippen LogP contribution in [-0.4, -0.2) is 33.2 Å². The third kappa shape index (κ3) is 55.6. The van der Waals surface area contributed by atoms with Crippen LogP contribution in [-0.2, 0) is 14.4 Å². The molecule has 208 valence electrons. The van der Waals surface area contributed by atoms with Crippen molar-refractivity contribution in [1.29, 1.82) is 0 Å². The van der Waals surface area contributed by atoms with Crippen molar-refractivity contribution in [2.75, 3.05) is 0 Å². The van der Waals surface area contributed by atoms with Crippen molar-refractivity contribution in [1.82, 2.24) is 0 Å². The molecule has 0 amide bonds. The molecule has 0 aromatic heterocycles. The largest absolute Gasteiger partial charge is 0.481 e. The Morgan fingerprint density at radius 2 is 0.629 bits per heavy atom. The normalized spacial score (nSPS) is 10.2. The molecule has 35 heavy (non-hydrogen) atoms. The molecule has 0 bridgehead atoms. The molecule has 0 aliphatic rings. The molecule has 0 aromatic rings. The van der Waals surface area contributed by atoms with Gasteiger partial charge in [-0.1, -0.05) is 106 Å². The smallest absolute Gasteiger partial charge is 0.303 e. The number of carboxylic acids is 3. The fraction of sp³-hybridized carbons (Fsp3) is 0.893. The maximum Gasteiger partial charge on any atom is 0.303 e. The van der Waals surface area contributed by atoms with Gasteiger partial charge in [0.25, 0.3) is 0 Å². The Morgan fingerprint density at radius 3 is 0.857 bits per heavy atom. The Bertz CT molecular complexity index is 448. The molecule has 0 aliphatic heterocycles. The van der Waals surface area contributed by atoms with Crippen LogP contribution in [0.25, 0.3) is 0 Å². The summed E-state index contributed by atoms with van der Waals surface area (Å²) in [5, 5.41) is 25.0. The zero-order valence-electron chi connectivity index (χ0n) is 23.6. The maximum absolute atomic E-state index is 10.1. The van der Waals surface area contributed by atoms with Gasteiger partial charge in [-0.25, -0.2) is 0 Å². The topological polar surface area (TPSA) is 112 Å². The Kier molecular flexibility index (Phi) is 38.1. The molecule has 0 atom stereocenters. The van der Waals surface area contributed by atoms with Crippen molar-refractivity contribution in [2.24, 2.45) is 17.8 Å². The van der Waals surface area contributed by atoms with Gasteiger partial charge < -0.3 is 15.3 Å². The van der Waals surface area contributed by atoms with E-state index >= 15 is 0 Å². The number of aliphatic carboxylic acids is 3. The van der Waals surface area contributed by atoms with Crippen LogP contribution in [0, 0.1) is 59.5 Å². The van der Waals surface area contributed by atoms with Crippen molar-refractivity contribution in [3.8, 4) is 0 Å². The second-order valence-electron chi connectivity index (χ2n) is 10.5. The van der Waals surface area contributed by atoms with Crippen LogP contribution in [0.15, 0.2) is 0 Å². The summed E-state index contributed by atoms with van der Waals surface area (Å²) < 4.78 is 0. The fourth-order valence-corrected chi connectivity index (χ4v) is 3.19. The summed E-state index contributed by atoms with van der Waals surface area (Å²) in [4.78, 5) is 30.3. The number of hydrogen-bond donors (Lipinski definition) is 3. The summed E-state index contributed by atoms with van der Waals surface area (Å²) in [6.07, 6.45) is 15.2. The van der Waals surface area contributed by atoms with Gasteiger partial charge in [-0.05, 0) is 37.0 Å². The first kappa shape index (κ1) is 41.9. The Labute approximate surface area is 249 Å². The van der Waals surface area contributed by atoms with E-state index in [1.54, 1.807) is 0 Å². The molecule has 0 aliphatic carbocycles. The summed E-state index contributed by atoms with van der Waals surface area (Å²) >= 11 is 0. The first-order chi connectivity index (χ1) is 15.9. The quantitative estimate of drug-likeness (QED) is 0.124. The monoisotopic (exact) mass is 628 g/mol. The van der Waals surface area contributed by atoms with E-state index in [-0.39, 0.29) is 41.7 Å². The summed E-state index contributed by atoms with van der Waals surface area (Å²) in [6, 6.07) is 0. The molecule has 0 saturated carbocycles. The van der Waals surface area contributed by atoms with Crippen LogP contribution in [0.2, 0.25) is 0 Å². The maximum atomic E-state index is 10.1. The van der Waals surface area contributed by atoms with E-state index in [9.17, 15) is 14.4 Å². The minimum atomic E-state index is -0.677. The fourth-order valence-electron chi connectivity index (χ4n) is 3.19. The van der Waals surface area contributed by atoms with Crippen molar-refractivity contribution in [3.05, 3.63) is 0 Å². The second-order valence-corrected chi connectivity index (χ2v) is 10.5. The Morgan fingerprint density at radius 1 is 0.429 bits per heavy atom. The first-order valence-corrected chi connectivity index (χ1v) is 13.5. The molecule has 0 spiro atoms. The van der Waals surface area contributed by atoms with E-state index in [2.05, 4.69) is 41.5 Å². The van der Waals surface area contributed by atoms with E-state index < -0.39 is 17.9 Å². The van der Waals surface area contributed by atoms with E-state index in [0.717, 1.165) is 56.8 Å². The second kappa shape index (κ2) is 31.8. The average Bonchev–Trinajstić information content (AvgIpc) is 2.70. The van der Waals surface area contributed by atoms with E-state index in [1.807, 2.05) is 0 Å². The first-order valence-electron chi connectivity index (χ1n) is 13.5. The predicted molar refractivity (Wildman–Crippen MR) is 141 cm³/mol. The molecular formula is C28H56CeO6. The molecular weight excluding hydrogens is 572 g/mol. The summed E-state index contributed by atoms with van der Waals surface area (Å²) in [6.45, 7) is 13.2. The van der Waals surface area contributed by atoms with Gasteiger partial charge in [-0.15, -0.1) is 0 Å². The third-order valence-corrected chi connectivity index (χ3v) is 5.27. The van der Waals surface area contributed by atoms with Gasteiger partial charge in [-0.2, -0.15) is 0 Å². The standard InChI is InChI=1S/2C10H20O2.C8H16O2.Ce/c2*1-9(2)7-5-3-4-6-8-10(11)12;1-7(2)5-3-4-6-8(9)10;/h2*9H,3-8H2,1-2H3,(H,11,12);7H,3-6H2,1-2H3,(H,9,10);. The van der Waals surface area contributed by atoms with Crippen LogP contribution in [0.4, 0.5) is 0 Å². The van der Waals surface area contributed by atoms with Gasteiger partial charge in [0.05, 0.1) is 0 Å². The number of carbonyl (C=O) groups is 3. The number of rotatable bonds is 19. The van der Waals surface area contributed by atoms with Gasteiger partial charge in [0, 0.05) is 61.0 Å². The van der Waals surface area contributed by atoms with Crippen molar-refractivity contribution in [3.63, 3.8) is 0 Å². The van der Waals surface area contributed by atoms with Crippen molar-refractivity contribution >= 4 is 17.9 Å². The molecule has 0 saturated heterocycles. The number of hydrogen-bond acceptors (Lipinski definition) is 3. The van der Waals surface area contributed by atoms with Crippen LogP contribution < -0.4 is 0 Å². The molecule has 0 unspecified atom stereocenters. The van der Waals surface area contributed by atoms with Gasteiger partial charge in [0.15, 0.2) is 0 Å². The SMILES string of the molecule is CC(C)CCCCC(=O)O.CC(C)CCCCCCC(=O)O.CC(C)CCCCCCC(=O)O.[Ce]. The third-order valence-electron chi connectivity index (χ3n) is 5.27.